The number of rotatable bonds is 3. The van der Waals surface area contributed by atoms with Crippen LogP contribution < -0.4 is 0 Å². The summed E-state index contributed by atoms with van der Waals surface area (Å²) < 4.78 is 0. The number of aromatic amines is 1. The van der Waals surface area contributed by atoms with Crippen LogP contribution in [0.25, 0.3) is 0 Å². The van der Waals surface area contributed by atoms with E-state index in [-0.39, 0.29) is 5.78 Å². The minimum Gasteiger partial charge on any atom is -0.359 e. The Morgan fingerprint density at radius 1 is 1.55 bits per heavy atom. The third-order valence-electron chi connectivity index (χ3n) is 1.81. The van der Waals surface area contributed by atoms with E-state index >= 15 is 0 Å². The van der Waals surface area contributed by atoms with Gasteiger partial charge in [-0.15, -0.1) is 0 Å². The zero-order valence-electron chi connectivity index (χ0n) is 6.98. The van der Waals surface area contributed by atoms with E-state index < -0.39 is 0 Å². The zero-order valence-corrected chi connectivity index (χ0v) is 6.98. The standard InChI is InChI=1S/C9H13NO/c1-3-7-5-6-10-9(7)8(11)4-2/h5-6,10H,3-4H2,1-2H3. The van der Waals surface area contributed by atoms with E-state index in [1.807, 2.05) is 19.2 Å². The Kier molecular flexibility index (Phi) is 2.47. The van der Waals surface area contributed by atoms with Gasteiger partial charge in [-0.25, -0.2) is 0 Å². The monoisotopic (exact) mass is 151 g/mol. The molecule has 0 spiro atoms. The highest BCUT2D eigenvalue weighted by atomic mass is 16.1. The number of ketones is 1. The second kappa shape index (κ2) is 3.37. The Morgan fingerprint density at radius 3 is 2.82 bits per heavy atom. The summed E-state index contributed by atoms with van der Waals surface area (Å²) in [5.41, 5.74) is 1.91. The molecule has 1 heterocycles. The summed E-state index contributed by atoms with van der Waals surface area (Å²) in [6.45, 7) is 3.93. The molecular weight excluding hydrogens is 138 g/mol. The van der Waals surface area contributed by atoms with E-state index in [2.05, 4.69) is 11.9 Å². The maximum absolute atomic E-state index is 11.2. The lowest BCUT2D eigenvalue weighted by atomic mass is 10.1. The van der Waals surface area contributed by atoms with Gasteiger partial charge in [0.1, 0.15) is 0 Å². The first-order valence-electron chi connectivity index (χ1n) is 3.99. The van der Waals surface area contributed by atoms with Crippen LogP contribution in [-0.4, -0.2) is 10.8 Å². The number of H-pyrrole nitrogens is 1. The van der Waals surface area contributed by atoms with Gasteiger partial charge in [0.05, 0.1) is 5.69 Å². The van der Waals surface area contributed by atoms with Crippen molar-refractivity contribution in [2.45, 2.75) is 26.7 Å². The number of aromatic nitrogens is 1. The number of hydrogen-bond acceptors (Lipinski definition) is 1. The molecule has 1 N–H and O–H groups in total. The SMILES string of the molecule is CCC(=O)c1[nH]ccc1CC. The summed E-state index contributed by atoms with van der Waals surface area (Å²) in [7, 11) is 0. The first-order chi connectivity index (χ1) is 5.29. The molecule has 11 heavy (non-hydrogen) atoms. The molecule has 0 aliphatic heterocycles. The molecule has 0 aromatic carbocycles. The van der Waals surface area contributed by atoms with Crippen molar-refractivity contribution in [2.75, 3.05) is 0 Å². The van der Waals surface area contributed by atoms with E-state index in [1.54, 1.807) is 0 Å². The van der Waals surface area contributed by atoms with E-state index in [4.69, 9.17) is 0 Å². The van der Waals surface area contributed by atoms with E-state index in [0.29, 0.717) is 6.42 Å². The van der Waals surface area contributed by atoms with Crippen LogP contribution in [0.15, 0.2) is 12.3 Å². The second-order valence-corrected chi connectivity index (χ2v) is 2.51. The maximum Gasteiger partial charge on any atom is 0.179 e. The normalized spacial score (nSPS) is 10.0. The fourth-order valence-electron chi connectivity index (χ4n) is 1.13. The van der Waals surface area contributed by atoms with Gasteiger partial charge < -0.3 is 4.98 Å². The number of carbonyl (C=O) groups excluding carboxylic acids is 1. The Balaban J connectivity index is 2.92. The highest BCUT2D eigenvalue weighted by Gasteiger charge is 2.07. The third kappa shape index (κ3) is 1.50. The average Bonchev–Trinajstić information content (AvgIpc) is 2.50. The number of carbonyl (C=O) groups is 1. The van der Waals surface area contributed by atoms with Crippen molar-refractivity contribution in [3.05, 3.63) is 23.5 Å². The molecule has 0 bridgehead atoms. The number of nitrogens with one attached hydrogen (secondary N) is 1. The van der Waals surface area contributed by atoms with Gasteiger partial charge in [0.2, 0.25) is 0 Å². The molecule has 0 saturated heterocycles. The number of hydrogen-bond donors (Lipinski definition) is 1. The molecule has 0 saturated carbocycles. The fourth-order valence-corrected chi connectivity index (χ4v) is 1.13. The molecular formula is C9H13NO. The van der Waals surface area contributed by atoms with Crippen molar-refractivity contribution >= 4 is 5.78 Å². The Labute approximate surface area is 66.6 Å². The molecule has 1 aromatic rings. The van der Waals surface area contributed by atoms with Crippen LogP contribution in [0.2, 0.25) is 0 Å². The van der Waals surface area contributed by atoms with Crippen LogP contribution in [-0.2, 0) is 6.42 Å². The predicted molar refractivity (Wildman–Crippen MR) is 44.8 cm³/mol. The molecule has 0 aliphatic rings. The lowest BCUT2D eigenvalue weighted by molar-refractivity contribution is 0.0983. The van der Waals surface area contributed by atoms with Crippen molar-refractivity contribution < 1.29 is 4.79 Å². The topological polar surface area (TPSA) is 32.9 Å². The van der Waals surface area contributed by atoms with Gasteiger partial charge in [-0.3, -0.25) is 4.79 Å². The Hall–Kier alpha value is -1.05. The summed E-state index contributed by atoms with van der Waals surface area (Å²) in [5, 5.41) is 0. The molecule has 0 aliphatic carbocycles. The minimum absolute atomic E-state index is 0.201. The van der Waals surface area contributed by atoms with E-state index in [1.165, 1.54) is 0 Å². The van der Waals surface area contributed by atoms with E-state index in [9.17, 15) is 4.79 Å². The second-order valence-electron chi connectivity index (χ2n) is 2.51. The van der Waals surface area contributed by atoms with Crippen LogP contribution in [0.3, 0.4) is 0 Å². The molecule has 60 valence electrons. The summed E-state index contributed by atoms with van der Waals surface area (Å²) in [5.74, 6) is 0.201. The maximum atomic E-state index is 11.2. The van der Waals surface area contributed by atoms with Gasteiger partial charge in [0.15, 0.2) is 5.78 Å². The Morgan fingerprint density at radius 2 is 2.27 bits per heavy atom. The van der Waals surface area contributed by atoms with Crippen molar-refractivity contribution in [3.8, 4) is 0 Å². The average molecular weight is 151 g/mol. The van der Waals surface area contributed by atoms with Crippen LogP contribution in [0.1, 0.15) is 36.3 Å². The van der Waals surface area contributed by atoms with Crippen molar-refractivity contribution in [3.63, 3.8) is 0 Å². The molecule has 0 unspecified atom stereocenters. The van der Waals surface area contributed by atoms with Crippen LogP contribution >= 0.6 is 0 Å². The van der Waals surface area contributed by atoms with Crippen LogP contribution in [0.4, 0.5) is 0 Å². The lowest BCUT2D eigenvalue weighted by Gasteiger charge is -1.96. The molecule has 0 radical (unpaired) electrons. The van der Waals surface area contributed by atoms with Gasteiger partial charge in [-0.1, -0.05) is 13.8 Å². The van der Waals surface area contributed by atoms with Gasteiger partial charge >= 0.3 is 0 Å². The Bertz CT molecular complexity index is 250. The number of Topliss-reactive ketones (excluding diaryl/α,β-unsaturated/α-hetero) is 1. The molecule has 2 nitrogen and oxygen atoms in total. The van der Waals surface area contributed by atoms with Gasteiger partial charge in [0, 0.05) is 12.6 Å². The highest BCUT2D eigenvalue weighted by Crippen LogP contribution is 2.09. The van der Waals surface area contributed by atoms with Crippen molar-refractivity contribution in [1.82, 2.24) is 4.98 Å². The van der Waals surface area contributed by atoms with Crippen molar-refractivity contribution in [1.29, 1.82) is 0 Å². The minimum atomic E-state index is 0.201. The van der Waals surface area contributed by atoms with E-state index in [0.717, 1.165) is 17.7 Å². The smallest absolute Gasteiger partial charge is 0.179 e. The molecule has 2 heteroatoms. The fraction of sp³-hybridized carbons (Fsp3) is 0.444. The summed E-state index contributed by atoms with van der Waals surface area (Å²) in [4.78, 5) is 14.2. The third-order valence-corrected chi connectivity index (χ3v) is 1.81. The first kappa shape index (κ1) is 8.05. The largest absolute Gasteiger partial charge is 0.359 e. The summed E-state index contributed by atoms with van der Waals surface area (Å²) >= 11 is 0. The van der Waals surface area contributed by atoms with Gasteiger partial charge in [-0.2, -0.15) is 0 Å². The number of aryl methyl sites for hydroxylation is 1. The summed E-state index contributed by atoms with van der Waals surface area (Å²) in [6.07, 6.45) is 3.32. The van der Waals surface area contributed by atoms with Gasteiger partial charge in [0.25, 0.3) is 0 Å². The molecule has 0 amide bonds. The molecule has 0 fully saturated rings. The molecule has 1 aromatic heterocycles. The summed E-state index contributed by atoms with van der Waals surface area (Å²) in [6, 6.07) is 1.96. The predicted octanol–water partition coefficient (Wildman–Crippen LogP) is 2.17. The zero-order chi connectivity index (χ0) is 8.27. The van der Waals surface area contributed by atoms with Crippen LogP contribution in [0, 0.1) is 0 Å². The highest BCUT2D eigenvalue weighted by molar-refractivity contribution is 5.95. The first-order valence-corrected chi connectivity index (χ1v) is 3.99. The quantitative estimate of drug-likeness (QED) is 0.660. The lowest BCUT2D eigenvalue weighted by Crippen LogP contribution is -2.00. The molecule has 0 atom stereocenters. The van der Waals surface area contributed by atoms with Crippen LogP contribution in [0.5, 0.6) is 0 Å². The van der Waals surface area contributed by atoms with Crippen molar-refractivity contribution in [2.24, 2.45) is 0 Å². The molecule has 1 rings (SSSR count). The van der Waals surface area contributed by atoms with Gasteiger partial charge in [-0.05, 0) is 18.1 Å².